The smallest absolute Gasteiger partial charge is 0.136 e. The van der Waals surface area contributed by atoms with Crippen molar-refractivity contribution >= 4 is 5.82 Å². The van der Waals surface area contributed by atoms with E-state index >= 15 is 0 Å². The maximum absolute atomic E-state index is 14.0. The van der Waals surface area contributed by atoms with Crippen LogP contribution in [0, 0.1) is 25.5 Å². The van der Waals surface area contributed by atoms with E-state index < -0.39 is 11.6 Å². The van der Waals surface area contributed by atoms with Gasteiger partial charge in [0.2, 0.25) is 0 Å². The van der Waals surface area contributed by atoms with Crippen LogP contribution in [0.25, 0.3) is 11.1 Å². The van der Waals surface area contributed by atoms with Gasteiger partial charge in [0.25, 0.3) is 0 Å². The molecule has 0 spiro atoms. The summed E-state index contributed by atoms with van der Waals surface area (Å²) in [4.78, 5) is 4.19. The van der Waals surface area contributed by atoms with Crippen LogP contribution in [0.1, 0.15) is 11.1 Å². The third-order valence-electron chi connectivity index (χ3n) is 2.95. The minimum Gasteiger partial charge on any atom is -0.373 e. The summed E-state index contributed by atoms with van der Waals surface area (Å²) in [7, 11) is 1.78. The normalized spacial score (nSPS) is 10.5. The van der Waals surface area contributed by atoms with Gasteiger partial charge in [-0.2, -0.15) is 0 Å². The van der Waals surface area contributed by atoms with Gasteiger partial charge in [0.05, 0.1) is 0 Å². The van der Waals surface area contributed by atoms with Crippen molar-refractivity contribution in [1.29, 1.82) is 0 Å². The molecule has 1 heterocycles. The lowest BCUT2D eigenvalue weighted by Gasteiger charge is -2.09. The van der Waals surface area contributed by atoms with Gasteiger partial charge in [0, 0.05) is 29.9 Å². The summed E-state index contributed by atoms with van der Waals surface area (Å²) in [5.74, 6) is -0.320. The zero-order valence-electron chi connectivity index (χ0n) is 10.5. The first-order chi connectivity index (χ1) is 8.54. The number of nitrogens with zero attached hydrogens (tertiary/aromatic N) is 1. The van der Waals surface area contributed by atoms with Crippen molar-refractivity contribution in [1.82, 2.24) is 4.98 Å². The molecule has 2 aromatic rings. The molecule has 4 heteroatoms. The van der Waals surface area contributed by atoms with Crippen LogP contribution in [0.4, 0.5) is 14.6 Å². The second-order valence-electron chi connectivity index (χ2n) is 4.17. The van der Waals surface area contributed by atoms with Gasteiger partial charge in [-0.25, -0.2) is 13.8 Å². The third kappa shape index (κ3) is 2.06. The van der Waals surface area contributed by atoms with E-state index in [9.17, 15) is 8.78 Å². The number of aromatic nitrogens is 1. The molecule has 1 aromatic carbocycles. The molecule has 2 nitrogen and oxygen atoms in total. The van der Waals surface area contributed by atoms with Gasteiger partial charge >= 0.3 is 0 Å². The Bertz CT molecular complexity index is 595. The second-order valence-corrected chi connectivity index (χ2v) is 4.17. The third-order valence-corrected chi connectivity index (χ3v) is 2.95. The summed E-state index contributed by atoms with van der Waals surface area (Å²) < 4.78 is 27.2. The fourth-order valence-corrected chi connectivity index (χ4v) is 1.87. The molecular weight excluding hydrogens is 234 g/mol. The highest BCUT2D eigenvalue weighted by Gasteiger charge is 2.12. The Kier molecular flexibility index (Phi) is 3.28. The lowest BCUT2D eigenvalue weighted by atomic mass is 10.0. The number of benzene rings is 1. The van der Waals surface area contributed by atoms with Gasteiger partial charge in [0.15, 0.2) is 0 Å². The van der Waals surface area contributed by atoms with E-state index in [2.05, 4.69) is 10.3 Å². The molecule has 0 atom stereocenters. The number of anilines is 1. The number of nitrogens with one attached hydrogen (secondary N) is 1. The topological polar surface area (TPSA) is 24.9 Å². The number of aryl methyl sites for hydroxylation is 1. The Morgan fingerprint density at radius 2 is 1.89 bits per heavy atom. The predicted octanol–water partition coefficient (Wildman–Crippen LogP) is 3.69. The lowest BCUT2D eigenvalue weighted by Crippen LogP contribution is -1.97. The molecule has 1 aromatic heterocycles. The predicted molar refractivity (Wildman–Crippen MR) is 68.6 cm³/mol. The molecule has 0 saturated carbocycles. The molecule has 0 aliphatic rings. The molecule has 2 rings (SSSR count). The molecule has 0 amide bonds. The van der Waals surface area contributed by atoms with Crippen LogP contribution in [0.15, 0.2) is 24.4 Å². The molecule has 18 heavy (non-hydrogen) atoms. The van der Waals surface area contributed by atoms with Crippen LogP contribution in [0.3, 0.4) is 0 Å². The van der Waals surface area contributed by atoms with Crippen molar-refractivity contribution in [3.8, 4) is 11.1 Å². The number of halogens is 2. The van der Waals surface area contributed by atoms with Crippen LogP contribution in [0.2, 0.25) is 0 Å². The number of rotatable bonds is 2. The van der Waals surface area contributed by atoms with Crippen molar-refractivity contribution in [2.45, 2.75) is 13.8 Å². The Morgan fingerprint density at radius 1 is 1.17 bits per heavy atom. The molecule has 0 aliphatic carbocycles. The first-order valence-corrected chi connectivity index (χ1v) is 5.64. The standard InChI is InChI=1S/C14H14F2N2/c1-8-6-10(7-18-14(8)17-3)11-4-5-12(15)9(2)13(11)16/h4-7H,1-3H3,(H,17,18). The molecule has 0 saturated heterocycles. The van der Waals surface area contributed by atoms with Crippen LogP contribution < -0.4 is 5.32 Å². The summed E-state index contributed by atoms with van der Waals surface area (Å²) in [6.07, 6.45) is 1.58. The minimum atomic E-state index is -0.534. The molecule has 0 fully saturated rings. The van der Waals surface area contributed by atoms with E-state index in [0.717, 1.165) is 11.4 Å². The van der Waals surface area contributed by atoms with Gasteiger partial charge in [-0.15, -0.1) is 0 Å². The van der Waals surface area contributed by atoms with Crippen LogP contribution in [0.5, 0.6) is 0 Å². The highest BCUT2D eigenvalue weighted by atomic mass is 19.1. The average molecular weight is 248 g/mol. The lowest BCUT2D eigenvalue weighted by molar-refractivity contribution is 0.570. The zero-order valence-corrected chi connectivity index (χ0v) is 10.5. The molecule has 0 unspecified atom stereocenters. The van der Waals surface area contributed by atoms with Crippen LogP contribution in [-0.4, -0.2) is 12.0 Å². The monoisotopic (exact) mass is 248 g/mol. The maximum Gasteiger partial charge on any atom is 0.136 e. The van der Waals surface area contributed by atoms with Crippen molar-refractivity contribution in [2.24, 2.45) is 0 Å². The summed E-state index contributed by atoms with van der Waals surface area (Å²) in [5.41, 5.74) is 1.96. The second kappa shape index (κ2) is 4.72. The Hall–Kier alpha value is -1.97. The fourth-order valence-electron chi connectivity index (χ4n) is 1.87. The van der Waals surface area contributed by atoms with Gasteiger partial charge in [0.1, 0.15) is 17.5 Å². The van der Waals surface area contributed by atoms with Crippen molar-refractivity contribution in [3.63, 3.8) is 0 Å². The largest absolute Gasteiger partial charge is 0.373 e. The van der Waals surface area contributed by atoms with Crippen molar-refractivity contribution in [2.75, 3.05) is 12.4 Å². The first-order valence-electron chi connectivity index (χ1n) is 5.64. The number of hydrogen-bond acceptors (Lipinski definition) is 2. The summed E-state index contributed by atoms with van der Waals surface area (Å²) in [6.45, 7) is 3.31. The summed E-state index contributed by atoms with van der Waals surface area (Å²) in [6, 6.07) is 4.54. The summed E-state index contributed by atoms with van der Waals surface area (Å²) in [5, 5.41) is 2.94. The fraction of sp³-hybridized carbons (Fsp3) is 0.214. The Balaban J connectivity index is 2.56. The van der Waals surface area contributed by atoms with Crippen LogP contribution in [-0.2, 0) is 0 Å². The van der Waals surface area contributed by atoms with Crippen molar-refractivity contribution in [3.05, 3.63) is 47.2 Å². The SMILES string of the molecule is CNc1ncc(-c2ccc(F)c(C)c2F)cc1C. The van der Waals surface area contributed by atoms with Gasteiger partial charge in [-0.05, 0) is 37.6 Å². The van der Waals surface area contributed by atoms with Gasteiger partial charge < -0.3 is 5.32 Å². The van der Waals surface area contributed by atoms with Crippen LogP contribution >= 0.6 is 0 Å². The van der Waals surface area contributed by atoms with Crippen molar-refractivity contribution < 1.29 is 8.78 Å². The average Bonchev–Trinajstić information content (AvgIpc) is 2.36. The molecule has 0 bridgehead atoms. The molecule has 0 radical (unpaired) electrons. The Morgan fingerprint density at radius 3 is 2.50 bits per heavy atom. The molecule has 1 N–H and O–H groups in total. The minimum absolute atomic E-state index is 0.0304. The van der Waals surface area contributed by atoms with E-state index in [4.69, 9.17) is 0 Å². The highest BCUT2D eigenvalue weighted by molar-refractivity contribution is 5.67. The van der Waals surface area contributed by atoms with E-state index in [-0.39, 0.29) is 5.56 Å². The van der Waals surface area contributed by atoms with Gasteiger partial charge in [-0.1, -0.05) is 0 Å². The Labute approximate surface area is 105 Å². The summed E-state index contributed by atoms with van der Waals surface area (Å²) >= 11 is 0. The molecule has 0 aliphatic heterocycles. The highest BCUT2D eigenvalue weighted by Crippen LogP contribution is 2.27. The molecule has 94 valence electrons. The number of pyridine rings is 1. The van der Waals surface area contributed by atoms with E-state index in [1.165, 1.54) is 19.1 Å². The zero-order chi connectivity index (χ0) is 13.3. The van der Waals surface area contributed by atoms with E-state index in [1.54, 1.807) is 13.2 Å². The quantitative estimate of drug-likeness (QED) is 0.876. The van der Waals surface area contributed by atoms with E-state index in [1.807, 2.05) is 13.0 Å². The van der Waals surface area contributed by atoms with Gasteiger partial charge in [-0.3, -0.25) is 0 Å². The van der Waals surface area contributed by atoms with E-state index in [0.29, 0.717) is 11.1 Å². The first kappa shape index (κ1) is 12.5. The number of hydrogen-bond donors (Lipinski definition) is 1. The maximum atomic E-state index is 14.0. The molecular formula is C14H14F2N2.